The molecule has 3 N–H and O–H groups in total. The number of nitrogen functional groups attached to an aromatic ring is 1. The first-order chi connectivity index (χ1) is 9.10. The van der Waals surface area contributed by atoms with Crippen LogP contribution < -0.4 is 15.8 Å². The Morgan fingerprint density at radius 2 is 2.11 bits per heavy atom. The van der Waals surface area contributed by atoms with Crippen LogP contribution in [0, 0.1) is 6.92 Å². The van der Waals surface area contributed by atoms with Gasteiger partial charge in [0.25, 0.3) is 5.91 Å². The molecule has 0 bridgehead atoms. The number of hydrogen-bond donors (Lipinski definition) is 2. The van der Waals surface area contributed by atoms with Gasteiger partial charge in [-0.2, -0.15) is 0 Å². The second-order valence-electron chi connectivity index (χ2n) is 4.16. The highest BCUT2D eigenvalue weighted by molar-refractivity contribution is 6.05. The normalized spacial score (nSPS) is 10.0. The number of carbonyl (C=O) groups excluding carboxylic acids is 1. The van der Waals surface area contributed by atoms with E-state index in [9.17, 15) is 4.79 Å². The molecule has 19 heavy (non-hydrogen) atoms. The fourth-order valence-corrected chi connectivity index (χ4v) is 1.68. The predicted octanol–water partition coefficient (Wildman–Crippen LogP) is 2.23. The number of benzene rings is 1. The molecule has 0 spiro atoms. The summed E-state index contributed by atoms with van der Waals surface area (Å²) in [5.74, 6) is 0.285. The van der Waals surface area contributed by atoms with Crippen molar-refractivity contribution in [3.63, 3.8) is 0 Å². The molecule has 0 unspecified atom stereocenters. The quantitative estimate of drug-likeness (QED) is 0.827. The van der Waals surface area contributed by atoms with Crippen molar-refractivity contribution in [2.24, 2.45) is 0 Å². The van der Waals surface area contributed by atoms with E-state index in [1.54, 1.807) is 30.5 Å². The maximum atomic E-state index is 12.1. The van der Waals surface area contributed by atoms with Crippen LogP contribution in [0.3, 0.4) is 0 Å². The van der Waals surface area contributed by atoms with E-state index in [0.29, 0.717) is 22.7 Å². The molecule has 1 heterocycles. The Morgan fingerprint density at radius 1 is 1.32 bits per heavy atom. The summed E-state index contributed by atoms with van der Waals surface area (Å²) in [7, 11) is 1.53. The monoisotopic (exact) mass is 257 g/mol. The molecule has 0 saturated carbocycles. The molecule has 98 valence electrons. The van der Waals surface area contributed by atoms with E-state index in [1.165, 1.54) is 13.3 Å². The van der Waals surface area contributed by atoms with E-state index in [-0.39, 0.29) is 5.91 Å². The zero-order valence-electron chi connectivity index (χ0n) is 10.8. The number of carbonyl (C=O) groups is 1. The molecule has 5 nitrogen and oxygen atoms in total. The Kier molecular flexibility index (Phi) is 3.66. The first kappa shape index (κ1) is 12.9. The summed E-state index contributed by atoms with van der Waals surface area (Å²) >= 11 is 0. The lowest BCUT2D eigenvalue weighted by Crippen LogP contribution is -2.13. The van der Waals surface area contributed by atoms with Crippen molar-refractivity contribution in [1.82, 2.24) is 4.98 Å². The minimum absolute atomic E-state index is 0.237. The summed E-state index contributed by atoms with van der Waals surface area (Å²) in [4.78, 5) is 16.1. The molecule has 2 aromatic rings. The standard InChI is InChI=1S/C14H15N3O2/c1-9-5-10(8-16-7-9)14(18)17-12-4-3-11(15)6-13(12)19-2/h3-8H,15H2,1-2H3,(H,17,18). The van der Waals surface area contributed by atoms with Crippen molar-refractivity contribution in [3.05, 3.63) is 47.8 Å². The topological polar surface area (TPSA) is 77.2 Å². The van der Waals surface area contributed by atoms with Crippen molar-refractivity contribution >= 4 is 17.3 Å². The number of pyridine rings is 1. The number of aryl methyl sites for hydroxylation is 1. The molecule has 1 amide bonds. The molecule has 0 aliphatic carbocycles. The van der Waals surface area contributed by atoms with Crippen molar-refractivity contribution in [3.8, 4) is 5.75 Å². The number of hydrogen-bond acceptors (Lipinski definition) is 4. The van der Waals surface area contributed by atoms with Crippen LogP contribution in [0.5, 0.6) is 5.75 Å². The summed E-state index contributed by atoms with van der Waals surface area (Å²) in [6, 6.07) is 6.83. The molecule has 1 aromatic carbocycles. The maximum Gasteiger partial charge on any atom is 0.257 e. The van der Waals surface area contributed by atoms with E-state index in [2.05, 4.69) is 10.3 Å². The van der Waals surface area contributed by atoms with Gasteiger partial charge in [-0.1, -0.05) is 0 Å². The minimum Gasteiger partial charge on any atom is -0.494 e. The number of nitrogens with two attached hydrogens (primary N) is 1. The van der Waals surface area contributed by atoms with Gasteiger partial charge >= 0.3 is 0 Å². The number of amides is 1. The Morgan fingerprint density at radius 3 is 2.79 bits per heavy atom. The van der Waals surface area contributed by atoms with Gasteiger partial charge in [0, 0.05) is 24.1 Å². The summed E-state index contributed by atoms with van der Waals surface area (Å²) in [6.45, 7) is 1.88. The lowest BCUT2D eigenvalue weighted by molar-refractivity contribution is 0.102. The Bertz CT molecular complexity index is 611. The molecular formula is C14H15N3O2. The van der Waals surface area contributed by atoms with E-state index < -0.39 is 0 Å². The van der Waals surface area contributed by atoms with Crippen LogP contribution in [0.15, 0.2) is 36.7 Å². The smallest absolute Gasteiger partial charge is 0.257 e. The van der Waals surface area contributed by atoms with Gasteiger partial charge in [-0.25, -0.2) is 0 Å². The number of anilines is 2. The molecular weight excluding hydrogens is 242 g/mol. The highest BCUT2D eigenvalue weighted by Crippen LogP contribution is 2.26. The van der Waals surface area contributed by atoms with Crippen LogP contribution in [-0.2, 0) is 0 Å². The van der Waals surface area contributed by atoms with Gasteiger partial charge in [0.2, 0.25) is 0 Å². The number of aromatic nitrogens is 1. The van der Waals surface area contributed by atoms with Gasteiger partial charge in [0.05, 0.1) is 18.4 Å². The highest BCUT2D eigenvalue weighted by Gasteiger charge is 2.10. The molecule has 5 heteroatoms. The summed E-state index contributed by atoms with van der Waals surface area (Å²) in [6.07, 6.45) is 3.21. The number of methoxy groups -OCH3 is 1. The van der Waals surface area contributed by atoms with Gasteiger partial charge in [-0.05, 0) is 30.7 Å². The van der Waals surface area contributed by atoms with E-state index in [0.717, 1.165) is 5.56 Å². The van der Waals surface area contributed by atoms with Crippen molar-refractivity contribution < 1.29 is 9.53 Å². The number of nitrogens with zero attached hydrogens (tertiary/aromatic N) is 1. The Labute approximate surface area is 111 Å². The van der Waals surface area contributed by atoms with Gasteiger partial charge < -0.3 is 15.8 Å². The summed E-state index contributed by atoms with van der Waals surface area (Å²) in [5, 5.41) is 2.77. The highest BCUT2D eigenvalue weighted by atomic mass is 16.5. The molecule has 0 saturated heterocycles. The summed E-state index contributed by atoms with van der Waals surface area (Å²) in [5.41, 5.74) is 8.24. The van der Waals surface area contributed by atoms with Gasteiger partial charge in [-0.3, -0.25) is 9.78 Å². The average molecular weight is 257 g/mol. The van der Waals surface area contributed by atoms with Gasteiger partial charge in [0.15, 0.2) is 0 Å². The SMILES string of the molecule is COc1cc(N)ccc1NC(=O)c1cncc(C)c1. The molecule has 0 radical (unpaired) electrons. The second-order valence-corrected chi connectivity index (χ2v) is 4.16. The molecule has 1 aromatic heterocycles. The predicted molar refractivity (Wildman–Crippen MR) is 74.3 cm³/mol. The molecule has 2 rings (SSSR count). The van der Waals surface area contributed by atoms with Crippen LogP contribution in [0.2, 0.25) is 0 Å². The van der Waals surface area contributed by atoms with E-state index >= 15 is 0 Å². The van der Waals surface area contributed by atoms with Crippen LogP contribution in [0.25, 0.3) is 0 Å². The minimum atomic E-state index is -0.237. The van der Waals surface area contributed by atoms with Crippen LogP contribution in [-0.4, -0.2) is 18.0 Å². The van der Waals surface area contributed by atoms with Crippen molar-refractivity contribution in [2.75, 3.05) is 18.2 Å². The van der Waals surface area contributed by atoms with E-state index in [1.807, 2.05) is 6.92 Å². The number of ether oxygens (including phenoxy) is 1. The number of nitrogens with one attached hydrogen (secondary N) is 1. The lowest BCUT2D eigenvalue weighted by Gasteiger charge is -2.10. The fraction of sp³-hybridized carbons (Fsp3) is 0.143. The third kappa shape index (κ3) is 3.01. The molecule has 0 aliphatic heterocycles. The first-order valence-corrected chi connectivity index (χ1v) is 5.76. The number of rotatable bonds is 3. The third-order valence-electron chi connectivity index (χ3n) is 2.61. The second kappa shape index (κ2) is 5.39. The van der Waals surface area contributed by atoms with Crippen molar-refractivity contribution in [1.29, 1.82) is 0 Å². The van der Waals surface area contributed by atoms with Crippen LogP contribution >= 0.6 is 0 Å². The molecule has 0 atom stereocenters. The lowest BCUT2D eigenvalue weighted by atomic mass is 10.2. The van der Waals surface area contributed by atoms with Gasteiger partial charge in [0.1, 0.15) is 5.75 Å². The van der Waals surface area contributed by atoms with Crippen LogP contribution in [0.4, 0.5) is 11.4 Å². The fourth-order valence-electron chi connectivity index (χ4n) is 1.68. The maximum absolute atomic E-state index is 12.1. The van der Waals surface area contributed by atoms with Crippen molar-refractivity contribution in [2.45, 2.75) is 6.92 Å². The molecule has 0 aliphatic rings. The zero-order valence-corrected chi connectivity index (χ0v) is 10.8. The van der Waals surface area contributed by atoms with Gasteiger partial charge in [-0.15, -0.1) is 0 Å². The first-order valence-electron chi connectivity index (χ1n) is 5.76. The Hall–Kier alpha value is -2.56. The zero-order chi connectivity index (χ0) is 13.8. The summed E-state index contributed by atoms with van der Waals surface area (Å²) < 4.78 is 5.18. The van der Waals surface area contributed by atoms with Crippen LogP contribution in [0.1, 0.15) is 15.9 Å². The average Bonchev–Trinajstić information content (AvgIpc) is 2.40. The Balaban J connectivity index is 2.24. The molecule has 0 fully saturated rings. The third-order valence-corrected chi connectivity index (χ3v) is 2.61. The largest absolute Gasteiger partial charge is 0.494 e. The van der Waals surface area contributed by atoms with E-state index in [4.69, 9.17) is 10.5 Å².